The summed E-state index contributed by atoms with van der Waals surface area (Å²) in [6.07, 6.45) is -4.62. The Morgan fingerprint density at radius 3 is 2.46 bits per heavy atom. The number of alkyl halides is 3. The molecule has 3 N–H and O–H groups in total. The average Bonchev–Trinajstić information content (AvgIpc) is 2.59. The number of anilines is 1. The van der Waals surface area contributed by atoms with E-state index in [0.29, 0.717) is 25.3 Å². The highest BCUT2D eigenvalue weighted by molar-refractivity contribution is 5.47. The van der Waals surface area contributed by atoms with Gasteiger partial charge in [-0.1, -0.05) is 0 Å². The molecule has 1 aromatic heterocycles. The van der Waals surface area contributed by atoms with Crippen molar-refractivity contribution in [1.29, 1.82) is 0 Å². The number of rotatable bonds is 3. The number of β-amino-alcohol motifs (C(OH)–C–C–N with tert-alkyl or cyclic N) is 2. The molecule has 6 nitrogen and oxygen atoms in total. The van der Waals surface area contributed by atoms with Gasteiger partial charge in [-0.2, -0.15) is 13.2 Å². The zero-order chi connectivity index (χ0) is 18.9. The van der Waals surface area contributed by atoms with E-state index in [2.05, 4.69) is 4.98 Å². The summed E-state index contributed by atoms with van der Waals surface area (Å²) in [7, 11) is 0. The number of aliphatic hydroxyl groups is 3. The van der Waals surface area contributed by atoms with E-state index in [4.69, 9.17) is 0 Å². The van der Waals surface area contributed by atoms with Crippen molar-refractivity contribution in [1.82, 2.24) is 9.88 Å². The van der Waals surface area contributed by atoms with Gasteiger partial charge in [-0.25, -0.2) is 0 Å². The SMILES string of the molecule is OC1CN(C[C@H]2CCCN(c3ccnc(C(F)(F)F)c3)C2)CC(O)C1O. The van der Waals surface area contributed by atoms with Crippen molar-refractivity contribution < 1.29 is 28.5 Å². The summed E-state index contributed by atoms with van der Waals surface area (Å²) >= 11 is 0. The van der Waals surface area contributed by atoms with Gasteiger partial charge in [0.25, 0.3) is 0 Å². The minimum absolute atomic E-state index is 0.209. The highest BCUT2D eigenvalue weighted by Crippen LogP contribution is 2.31. The summed E-state index contributed by atoms with van der Waals surface area (Å²) in [4.78, 5) is 7.24. The van der Waals surface area contributed by atoms with Crippen LogP contribution in [0, 0.1) is 5.92 Å². The first-order valence-electron chi connectivity index (χ1n) is 8.79. The van der Waals surface area contributed by atoms with Crippen LogP contribution < -0.4 is 4.90 Å². The topological polar surface area (TPSA) is 80.1 Å². The lowest BCUT2D eigenvalue weighted by Crippen LogP contribution is -2.56. The zero-order valence-electron chi connectivity index (χ0n) is 14.3. The highest BCUT2D eigenvalue weighted by Gasteiger charge is 2.35. The maximum absolute atomic E-state index is 12.9. The Balaban J connectivity index is 1.63. The second-order valence-corrected chi connectivity index (χ2v) is 7.20. The first kappa shape index (κ1) is 19.3. The third-order valence-electron chi connectivity index (χ3n) is 5.11. The van der Waals surface area contributed by atoms with Crippen molar-refractivity contribution in [3.63, 3.8) is 0 Å². The fourth-order valence-electron chi connectivity index (χ4n) is 3.81. The van der Waals surface area contributed by atoms with Crippen LogP contribution in [0.2, 0.25) is 0 Å². The van der Waals surface area contributed by atoms with Gasteiger partial charge >= 0.3 is 6.18 Å². The lowest BCUT2D eigenvalue weighted by Gasteiger charge is -2.41. The molecule has 0 saturated carbocycles. The van der Waals surface area contributed by atoms with Crippen molar-refractivity contribution in [2.45, 2.75) is 37.3 Å². The Hall–Kier alpha value is -1.42. The molecule has 0 radical (unpaired) electrons. The Labute approximate surface area is 149 Å². The molecule has 1 aromatic rings. The molecular formula is C17H24F3N3O3. The van der Waals surface area contributed by atoms with Crippen molar-refractivity contribution in [3.8, 4) is 0 Å². The maximum Gasteiger partial charge on any atom is 0.433 e. The number of aliphatic hydroxyl groups excluding tert-OH is 3. The van der Waals surface area contributed by atoms with E-state index in [1.165, 1.54) is 6.20 Å². The van der Waals surface area contributed by atoms with E-state index >= 15 is 0 Å². The maximum atomic E-state index is 12.9. The van der Waals surface area contributed by atoms with Crippen LogP contribution in [0.3, 0.4) is 0 Å². The highest BCUT2D eigenvalue weighted by atomic mass is 19.4. The van der Waals surface area contributed by atoms with Crippen LogP contribution in [0.4, 0.5) is 18.9 Å². The third-order valence-corrected chi connectivity index (χ3v) is 5.11. The van der Waals surface area contributed by atoms with Crippen LogP contribution in [0.15, 0.2) is 18.3 Å². The molecule has 0 bridgehead atoms. The molecule has 3 heterocycles. The van der Waals surface area contributed by atoms with Gasteiger partial charge < -0.3 is 20.2 Å². The molecule has 2 fully saturated rings. The van der Waals surface area contributed by atoms with Crippen molar-refractivity contribution in [2.24, 2.45) is 5.92 Å². The normalized spacial score (nSPS) is 31.2. The molecule has 2 aliphatic heterocycles. The minimum atomic E-state index is -4.47. The van der Waals surface area contributed by atoms with Crippen molar-refractivity contribution in [3.05, 3.63) is 24.0 Å². The van der Waals surface area contributed by atoms with Crippen LogP contribution >= 0.6 is 0 Å². The van der Waals surface area contributed by atoms with Gasteiger partial charge in [0.15, 0.2) is 0 Å². The van der Waals surface area contributed by atoms with E-state index in [0.717, 1.165) is 18.9 Å². The predicted molar refractivity (Wildman–Crippen MR) is 88.6 cm³/mol. The molecule has 0 amide bonds. The second-order valence-electron chi connectivity index (χ2n) is 7.20. The molecule has 3 rings (SSSR count). The first-order valence-corrected chi connectivity index (χ1v) is 8.79. The van der Waals surface area contributed by atoms with Crippen LogP contribution in [-0.4, -0.2) is 76.2 Å². The monoisotopic (exact) mass is 375 g/mol. The molecule has 2 saturated heterocycles. The Kier molecular flexibility index (Phi) is 5.71. The lowest BCUT2D eigenvalue weighted by molar-refractivity contribution is -0.141. The van der Waals surface area contributed by atoms with E-state index in [9.17, 15) is 28.5 Å². The quantitative estimate of drug-likeness (QED) is 0.722. The fraction of sp³-hybridized carbons (Fsp3) is 0.706. The summed E-state index contributed by atoms with van der Waals surface area (Å²) in [5, 5.41) is 29.2. The molecule has 0 spiro atoms. The van der Waals surface area contributed by atoms with E-state index in [1.807, 2.05) is 9.80 Å². The molecule has 0 aliphatic carbocycles. The number of nitrogens with zero attached hydrogens (tertiary/aromatic N) is 3. The van der Waals surface area contributed by atoms with Crippen LogP contribution in [0.5, 0.6) is 0 Å². The number of hydrogen-bond donors (Lipinski definition) is 3. The van der Waals surface area contributed by atoms with Crippen LogP contribution in [-0.2, 0) is 6.18 Å². The van der Waals surface area contributed by atoms with Crippen LogP contribution in [0.1, 0.15) is 18.5 Å². The number of halogens is 3. The molecule has 26 heavy (non-hydrogen) atoms. The number of aromatic nitrogens is 1. The van der Waals surface area contributed by atoms with E-state index < -0.39 is 30.2 Å². The standard InChI is InChI=1S/C17H24F3N3O3/c18-17(19,20)15-6-12(3-4-21-15)23-5-1-2-11(8-23)7-22-9-13(24)16(26)14(25)10-22/h3-4,6,11,13-14,16,24-26H,1-2,5,7-10H2/t11-,13?,14?,16?/m1/s1. The number of pyridine rings is 1. The first-order chi connectivity index (χ1) is 12.2. The van der Waals surface area contributed by atoms with Gasteiger partial charge in [-0.05, 0) is 30.9 Å². The Morgan fingerprint density at radius 1 is 1.12 bits per heavy atom. The van der Waals surface area contributed by atoms with Crippen molar-refractivity contribution >= 4 is 5.69 Å². The molecule has 146 valence electrons. The molecular weight excluding hydrogens is 351 g/mol. The van der Waals surface area contributed by atoms with E-state index in [1.54, 1.807) is 6.07 Å². The average molecular weight is 375 g/mol. The number of hydrogen-bond acceptors (Lipinski definition) is 6. The number of piperidine rings is 2. The van der Waals surface area contributed by atoms with Gasteiger partial charge in [-0.15, -0.1) is 0 Å². The van der Waals surface area contributed by atoms with E-state index in [-0.39, 0.29) is 19.0 Å². The fourth-order valence-corrected chi connectivity index (χ4v) is 3.81. The largest absolute Gasteiger partial charge is 0.433 e. The smallest absolute Gasteiger partial charge is 0.389 e. The zero-order valence-corrected chi connectivity index (χ0v) is 14.3. The Morgan fingerprint density at radius 2 is 1.81 bits per heavy atom. The lowest BCUT2D eigenvalue weighted by atomic mass is 9.94. The van der Waals surface area contributed by atoms with Gasteiger partial charge in [0.1, 0.15) is 11.8 Å². The van der Waals surface area contributed by atoms with Crippen molar-refractivity contribution in [2.75, 3.05) is 37.6 Å². The summed E-state index contributed by atoms with van der Waals surface area (Å²) < 4.78 is 38.6. The predicted octanol–water partition coefficient (Wildman–Crippen LogP) is 0.715. The molecule has 2 unspecified atom stereocenters. The Bertz CT molecular complexity index is 604. The minimum Gasteiger partial charge on any atom is -0.389 e. The molecule has 9 heteroatoms. The van der Waals surface area contributed by atoms with Gasteiger partial charge in [-0.3, -0.25) is 9.88 Å². The summed E-state index contributed by atoms with van der Waals surface area (Å²) in [6.45, 7) is 2.47. The summed E-state index contributed by atoms with van der Waals surface area (Å²) in [5.41, 5.74) is -0.389. The molecule has 0 aromatic carbocycles. The molecule has 2 aliphatic rings. The number of likely N-dealkylation sites (tertiary alicyclic amines) is 1. The van der Waals surface area contributed by atoms with Gasteiger partial charge in [0.05, 0.1) is 12.2 Å². The van der Waals surface area contributed by atoms with Gasteiger partial charge in [0, 0.05) is 44.6 Å². The molecule has 3 atom stereocenters. The van der Waals surface area contributed by atoms with Gasteiger partial charge in [0.2, 0.25) is 0 Å². The second kappa shape index (κ2) is 7.67. The third kappa shape index (κ3) is 4.46. The van der Waals surface area contributed by atoms with Crippen LogP contribution in [0.25, 0.3) is 0 Å². The summed E-state index contributed by atoms with van der Waals surface area (Å²) in [6, 6.07) is 2.66. The summed E-state index contributed by atoms with van der Waals surface area (Å²) in [5.74, 6) is 0.209.